The molecule has 0 saturated heterocycles. The molecule has 1 amide bonds. The number of aromatic nitrogens is 3. The Balaban J connectivity index is 1.68. The Morgan fingerprint density at radius 1 is 1.38 bits per heavy atom. The monoisotopic (exact) mass is 289 g/mol. The maximum atomic E-state index is 11.9. The minimum atomic E-state index is -0.596. The van der Waals surface area contributed by atoms with Crippen LogP contribution in [0.15, 0.2) is 36.7 Å². The highest BCUT2D eigenvalue weighted by Crippen LogP contribution is 2.10. The van der Waals surface area contributed by atoms with E-state index in [1.807, 2.05) is 0 Å². The highest BCUT2D eigenvalue weighted by Gasteiger charge is 2.13. The Kier molecular flexibility index (Phi) is 5.28. The van der Waals surface area contributed by atoms with E-state index < -0.39 is 6.04 Å². The number of nitrogens with one attached hydrogen (secondary N) is 1. The molecule has 1 atom stereocenters. The molecule has 0 bridgehead atoms. The van der Waals surface area contributed by atoms with Crippen LogP contribution in [0.2, 0.25) is 0 Å². The standard InChI is InChI=1S/C14H19N5O2/c15-13(10-11-2-4-12(20)5-3-11)14(21)16-6-1-8-19-9-7-17-18-19/h2-5,7,9,13,20H,1,6,8,10,15H2,(H,16,21). The topological polar surface area (TPSA) is 106 Å². The normalized spacial score (nSPS) is 12.0. The Hall–Kier alpha value is -2.41. The first-order valence-corrected chi connectivity index (χ1v) is 6.80. The molecule has 0 aliphatic rings. The van der Waals surface area contributed by atoms with Crippen LogP contribution in [0, 0.1) is 0 Å². The minimum absolute atomic E-state index is 0.179. The molecule has 7 nitrogen and oxygen atoms in total. The second kappa shape index (κ2) is 7.39. The molecule has 0 aliphatic heterocycles. The molecule has 1 aromatic carbocycles. The van der Waals surface area contributed by atoms with Gasteiger partial charge in [-0.25, -0.2) is 0 Å². The smallest absolute Gasteiger partial charge is 0.237 e. The number of rotatable bonds is 7. The number of nitrogens with zero attached hydrogens (tertiary/aromatic N) is 3. The Morgan fingerprint density at radius 2 is 2.14 bits per heavy atom. The summed E-state index contributed by atoms with van der Waals surface area (Å²) in [5.74, 6) is 0.0200. The molecule has 0 spiro atoms. The molecule has 1 unspecified atom stereocenters. The fraction of sp³-hybridized carbons (Fsp3) is 0.357. The number of hydrogen-bond donors (Lipinski definition) is 3. The van der Waals surface area contributed by atoms with Crippen molar-refractivity contribution in [2.45, 2.75) is 25.4 Å². The van der Waals surface area contributed by atoms with E-state index in [1.165, 1.54) is 0 Å². The number of carbonyl (C=O) groups excluding carboxylic acids is 1. The number of aryl methyl sites for hydroxylation is 1. The molecule has 0 saturated carbocycles. The zero-order chi connectivity index (χ0) is 15.1. The van der Waals surface area contributed by atoms with Crippen molar-refractivity contribution >= 4 is 5.91 Å². The fourth-order valence-electron chi connectivity index (χ4n) is 1.91. The highest BCUT2D eigenvalue weighted by atomic mass is 16.3. The molecular weight excluding hydrogens is 270 g/mol. The number of amides is 1. The van der Waals surface area contributed by atoms with Crippen LogP contribution in [0.3, 0.4) is 0 Å². The summed E-state index contributed by atoms with van der Waals surface area (Å²) < 4.78 is 1.71. The van der Waals surface area contributed by atoms with Gasteiger partial charge in [-0.05, 0) is 30.5 Å². The molecule has 21 heavy (non-hydrogen) atoms. The number of benzene rings is 1. The number of hydrogen-bond acceptors (Lipinski definition) is 5. The first-order valence-electron chi connectivity index (χ1n) is 6.80. The zero-order valence-corrected chi connectivity index (χ0v) is 11.6. The van der Waals surface area contributed by atoms with Gasteiger partial charge in [0.25, 0.3) is 0 Å². The molecular formula is C14H19N5O2. The van der Waals surface area contributed by atoms with Gasteiger partial charge >= 0.3 is 0 Å². The molecule has 0 fully saturated rings. The fourth-order valence-corrected chi connectivity index (χ4v) is 1.91. The second-order valence-electron chi connectivity index (χ2n) is 4.79. The Bertz CT molecular complexity index is 553. The summed E-state index contributed by atoms with van der Waals surface area (Å²) in [7, 11) is 0. The van der Waals surface area contributed by atoms with Crippen molar-refractivity contribution < 1.29 is 9.90 Å². The van der Waals surface area contributed by atoms with E-state index in [-0.39, 0.29) is 11.7 Å². The lowest BCUT2D eigenvalue weighted by Crippen LogP contribution is -2.42. The predicted molar refractivity (Wildman–Crippen MR) is 77.4 cm³/mol. The van der Waals surface area contributed by atoms with E-state index in [0.717, 1.165) is 12.0 Å². The first kappa shape index (κ1) is 15.0. The van der Waals surface area contributed by atoms with Gasteiger partial charge in [0.1, 0.15) is 5.75 Å². The summed E-state index contributed by atoms with van der Waals surface area (Å²) in [5, 5.41) is 19.5. The summed E-state index contributed by atoms with van der Waals surface area (Å²) in [5.41, 5.74) is 6.78. The average Bonchev–Trinajstić information content (AvgIpc) is 2.99. The lowest BCUT2D eigenvalue weighted by Gasteiger charge is -2.12. The van der Waals surface area contributed by atoms with Crippen LogP contribution >= 0.6 is 0 Å². The number of carbonyl (C=O) groups is 1. The lowest BCUT2D eigenvalue weighted by molar-refractivity contribution is -0.122. The quantitative estimate of drug-likeness (QED) is 0.625. The molecule has 1 aromatic heterocycles. The number of nitrogens with two attached hydrogens (primary N) is 1. The third-order valence-corrected chi connectivity index (χ3v) is 3.06. The summed E-state index contributed by atoms with van der Waals surface area (Å²) in [4.78, 5) is 11.9. The minimum Gasteiger partial charge on any atom is -0.508 e. The van der Waals surface area contributed by atoms with Crippen LogP contribution < -0.4 is 11.1 Å². The second-order valence-corrected chi connectivity index (χ2v) is 4.79. The summed E-state index contributed by atoms with van der Waals surface area (Å²) in [6, 6.07) is 6.08. The molecule has 7 heteroatoms. The molecule has 1 heterocycles. The van der Waals surface area contributed by atoms with Crippen molar-refractivity contribution in [3.8, 4) is 5.75 Å². The summed E-state index contributed by atoms with van der Waals surface area (Å²) in [6.45, 7) is 1.25. The molecule has 0 radical (unpaired) electrons. The summed E-state index contributed by atoms with van der Waals surface area (Å²) >= 11 is 0. The van der Waals surface area contributed by atoms with Crippen LogP contribution in [-0.2, 0) is 17.8 Å². The average molecular weight is 289 g/mol. The maximum absolute atomic E-state index is 11.9. The van der Waals surface area contributed by atoms with Crippen molar-refractivity contribution in [2.75, 3.05) is 6.54 Å². The van der Waals surface area contributed by atoms with E-state index in [0.29, 0.717) is 19.5 Å². The third kappa shape index (κ3) is 4.88. The molecule has 0 aliphatic carbocycles. The number of aromatic hydroxyl groups is 1. The van der Waals surface area contributed by atoms with Crippen LogP contribution in [-0.4, -0.2) is 38.6 Å². The first-order chi connectivity index (χ1) is 10.1. The molecule has 112 valence electrons. The van der Waals surface area contributed by atoms with Gasteiger partial charge in [-0.2, -0.15) is 0 Å². The highest BCUT2D eigenvalue weighted by molar-refractivity contribution is 5.81. The van der Waals surface area contributed by atoms with Crippen LogP contribution in [0.1, 0.15) is 12.0 Å². The van der Waals surface area contributed by atoms with Gasteiger partial charge < -0.3 is 16.2 Å². The van der Waals surface area contributed by atoms with Crippen molar-refractivity contribution in [1.82, 2.24) is 20.3 Å². The molecule has 4 N–H and O–H groups in total. The number of phenols is 1. The van der Waals surface area contributed by atoms with Crippen LogP contribution in [0.4, 0.5) is 0 Å². The van der Waals surface area contributed by atoms with Gasteiger partial charge in [0.05, 0.1) is 12.2 Å². The van der Waals surface area contributed by atoms with Gasteiger partial charge in [0, 0.05) is 19.3 Å². The van der Waals surface area contributed by atoms with E-state index in [4.69, 9.17) is 5.73 Å². The van der Waals surface area contributed by atoms with Crippen LogP contribution in [0.25, 0.3) is 0 Å². The van der Waals surface area contributed by atoms with Crippen molar-refractivity contribution in [3.63, 3.8) is 0 Å². The van der Waals surface area contributed by atoms with Crippen molar-refractivity contribution in [2.24, 2.45) is 5.73 Å². The molecule has 2 rings (SSSR count). The van der Waals surface area contributed by atoms with Crippen LogP contribution in [0.5, 0.6) is 5.75 Å². The van der Waals surface area contributed by atoms with Gasteiger partial charge in [-0.3, -0.25) is 9.48 Å². The van der Waals surface area contributed by atoms with Gasteiger partial charge in [0.15, 0.2) is 0 Å². The van der Waals surface area contributed by atoms with E-state index >= 15 is 0 Å². The van der Waals surface area contributed by atoms with Gasteiger partial charge in [-0.1, -0.05) is 17.3 Å². The third-order valence-electron chi connectivity index (χ3n) is 3.06. The van der Waals surface area contributed by atoms with E-state index in [9.17, 15) is 9.90 Å². The van der Waals surface area contributed by atoms with E-state index in [2.05, 4.69) is 15.6 Å². The van der Waals surface area contributed by atoms with Crippen molar-refractivity contribution in [3.05, 3.63) is 42.2 Å². The largest absolute Gasteiger partial charge is 0.508 e. The Labute approximate surface area is 122 Å². The van der Waals surface area contributed by atoms with Crippen molar-refractivity contribution in [1.29, 1.82) is 0 Å². The van der Waals surface area contributed by atoms with Gasteiger partial charge in [-0.15, -0.1) is 5.10 Å². The Morgan fingerprint density at radius 3 is 2.81 bits per heavy atom. The number of phenolic OH excluding ortho intramolecular Hbond substituents is 1. The summed E-state index contributed by atoms with van der Waals surface area (Å²) in [6.07, 6.45) is 4.60. The maximum Gasteiger partial charge on any atom is 0.237 e. The zero-order valence-electron chi connectivity index (χ0n) is 11.6. The van der Waals surface area contributed by atoms with E-state index in [1.54, 1.807) is 41.3 Å². The lowest BCUT2D eigenvalue weighted by atomic mass is 10.1. The molecule has 2 aromatic rings. The predicted octanol–water partition coefficient (Wildman–Crippen LogP) is 0.0600. The SMILES string of the molecule is NC(Cc1ccc(O)cc1)C(=O)NCCCn1ccnn1. The van der Waals surface area contributed by atoms with Gasteiger partial charge in [0.2, 0.25) is 5.91 Å².